The number of hydrogen-bond donors (Lipinski definition) is 0. The normalized spacial score (nSPS) is 25.5. The smallest absolute Gasteiger partial charge is 0.100 e. The number of rotatable bonds is 2. The van der Waals surface area contributed by atoms with E-state index in [0.717, 1.165) is 0 Å². The number of halogens is 2. The molecule has 2 heteroatoms. The van der Waals surface area contributed by atoms with Gasteiger partial charge in [0.1, 0.15) is 4.33 Å². The Hall–Kier alpha value is -0.980. The summed E-state index contributed by atoms with van der Waals surface area (Å²) in [6.45, 7) is 0. The summed E-state index contributed by atoms with van der Waals surface area (Å²) in [7, 11) is 0. The molecule has 0 unspecified atom stereocenters. The second kappa shape index (κ2) is 4.04. The van der Waals surface area contributed by atoms with Gasteiger partial charge in [0.15, 0.2) is 0 Å². The molecule has 0 N–H and O–H groups in total. The molecule has 1 aliphatic carbocycles. The minimum absolute atomic E-state index is 0.203. The molecule has 0 nitrogen and oxygen atoms in total. The van der Waals surface area contributed by atoms with Crippen molar-refractivity contribution in [2.24, 2.45) is 0 Å². The van der Waals surface area contributed by atoms with E-state index >= 15 is 0 Å². The molecule has 0 aliphatic heterocycles. The summed E-state index contributed by atoms with van der Waals surface area (Å²) in [6, 6.07) is 20.5. The summed E-state index contributed by atoms with van der Waals surface area (Å²) in [5.41, 5.74) is 2.43. The zero-order valence-corrected chi connectivity index (χ0v) is 10.7. The Morgan fingerprint density at radius 1 is 0.647 bits per heavy atom. The van der Waals surface area contributed by atoms with Crippen molar-refractivity contribution in [2.75, 3.05) is 0 Å². The lowest BCUT2D eigenvalue weighted by molar-refractivity contribution is 1.03. The van der Waals surface area contributed by atoms with Crippen molar-refractivity contribution >= 4 is 23.2 Å². The Morgan fingerprint density at radius 3 is 1.35 bits per heavy atom. The van der Waals surface area contributed by atoms with Gasteiger partial charge in [0.25, 0.3) is 0 Å². The Kier molecular flexibility index (Phi) is 2.65. The van der Waals surface area contributed by atoms with Gasteiger partial charge in [-0.3, -0.25) is 0 Å². The zero-order chi connectivity index (χ0) is 11.9. The Balaban J connectivity index is 1.95. The van der Waals surface area contributed by atoms with Gasteiger partial charge in [-0.25, -0.2) is 0 Å². The van der Waals surface area contributed by atoms with Gasteiger partial charge in [0, 0.05) is 11.8 Å². The molecule has 86 valence electrons. The van der Waals surface area contributed by atoms with Crippen molar-refractivity contribution in [1.29, 1.82) is 0 Å². The molecule has 1 saturated carbocycles. The second-order valence-corrected chi connectivity index (χ2v) is 5.90. The van der Waals surface area contributed by atoms with Crippen molar-refractivity contribution in [3.63, 3.8) is 0 Å². The van der Waals surface area contributed by atoms with Gasteiger partial charge < -0.3 is 0 Å². The van der Waals surface area contributed by atoms with Gasteiger partial charge in [0.2, 0.25) is 0 Å². The fourth-order valence-corrected chi connectivity index (χ4v) is 3.36. The summed E-state index contributed by atoms with van der Waals surface area (Å²) in [4.78, 5) is 0. The summed E-state index contributed by atoms with van der Waals surface area (Å²) < 4.78 is -0.664. The molecule has 2 aromatic carbocycles. The highest BCUT2D eigenvalue weighted by molar-refractivity contribution is 6.52. The van der Waals surface area contributed by atoms with E-state index in [1.807, 2.05) is 36.4 Å². The Morgan fingerprint density at radius 2 is 1.00 bits per heavy atom. The van der Waals surface area contributed by atoms with Gasteiger partial charge in [-0.05, 0) is 11.1 Å². The minimum Gasteiger partial charge on any atom is -0.100 e. The molecule has 3 rings (SSSR count). The first kappa shape index (κ1) is 11.1. The maximum absolute atomic E-state index is 6.41. The third-order valence-corrected chi connectivity index (χ3v) is 4.31. The molecule has 2 aromatic rings. The van der Waals surface area contributed by atoms with Crippen molar-refractivity contribution in [2.45, 2.75) is 16.2 Å². The highest BCUT2D eigenvalue weighted by Crippen LogP contribution is 2.69. The first-order valence-electron chi connectivity index (χ1n) is 5.69. The predicted molar refractivity (Wildman–Crippen MR) is 72.8 cm³/mol. The van der Waals surface area contributed by atoms with Crippen molar-refractivity contribution in [1.82, 2.24) is 0 Å². The van der Waals surface area contributed by atoms with Gasteiger partial charge >= 0.3 is 0 Å². The monoisotopic (exact) mass is 262 g/mol. The minimum atomic E-state index is -0.664. The maximum atomic E-state index is 6.41. The molecular weight excluding hydrogens is 251 g/mol. The lowest BCUT2D eigenvalue weighted by Crippen LogP contribution is -1.90. The molecule has 1 aliphatic rings. The van der Waals surface area contributed by atoms with Gasteiger partial charge in [-0.1, -0.05) is 60.7 Å². The van der Waals surface area contributed by atoms with E-state index < -0.39 is 4.33 Å². The van der Waals surface area contributed by atoms with E-state index in [1.165, 1.54) is 11.1 Å². The largest absolute Gasteiger partial charge is 0.133 e. The standard InChI is InChI=1S/C15H12Cl2/c16-15(17)13(11-7-3-1-4-8-11)14(15)12-9-5-2-6-10-12/h1-10,13-14H/t13-,14+. The van der Waals surface area contributed by atoms with Crippen LogP contribution in [0.25, 0.3) is 0 Å². The predicted octanol–water partition coefficient (Wildman–Crippen LogP) is 4.74. The molecule has 0 saturated heterocycles. The van der Waals surface area contributed by atoms with E-state index in [1.54, 1.807) is 0 Å². The topological polar surface area (TPSA) is 0 Å². The molecule has 2 atom stereocenters. The Labute approximate surface area is 111 Å². The highest BCUT2D eigenvalue weighted by atomic mass is 35.5. The average Bonchev–Trinajstić information content (AvgIpc) is 2.94. The molecule has 0 heterocycles. The van der Waals surface area contributed by atoms with E-state index in [-0.39, 0.29) is 11.8 Å². The molecule has 0 bridgehead atoms. The number of alkyl halides is 2. The van der Waals surface area contributed by atoms with Crippen LogP contribution in [-0.2, 0) is 0 Å². The van der Waals surface area contributed by atoms with Crippen molar-refractivity contribution in [3.05, 3.63) is 71.8 Å². The molecule has 17 heavy (non-hydrogen) atoms. The molecule has 0 radical (unpaired) electrons. The quantitative estimate of drug-likeness (QED) is 0.686. The lowest BCUT2D eigenvalue weighted by Gasteiger charge is -1.99. The van der Waals surface area contributed by atoms with Crippen LogP contribution < -0.4 is 0 Å². The van der Waals surface area contributed by atoms with Crippen LogP contribution in [0, 0.1) is 0 Å². The summed E-state index contributed by atoms with van der Waals surface area (Å²) in [5, 5.41) is 0. The first-order chi connectivity index (χ1) is 8.21. The first-order valence-corrected chi connectivity index (χ1v) is 6.44. The summed E-state index contributed by atoms with van der Waals surface area (Å²) in [6.07, 6.45) is 0. The van der Waals surface area contributed by atoms with Crippen LogP contribution in [0.1, 0.15) is 23.0 Å². The number of hydrogen-bond acceptors (Lipinski definition) is 0. The number of benzene rings is 2. The van der Waals surface area contributed by atoms with E-state index in [9.17, 15) is 0 Å². The zero-order valence-electron chi connectivity index (χ0n) is 9.18. The van der Waals surface area contributed by atoms with Crippen LogP contribution in [0.2, 0.25) is 0 Å². The molecule has 1 fully saturated rings. The van der Waals surface area contributed by atoms with Gasteiger partial charge in [-0.2, -0.15) is 0 Å². The summed E-state index contributed by atoms with van der Waals surface area (Å²) >= 11 is 12.8. The molecule has 0 amide bonds. The molecule has 0 spiro atoms. The van der Waals surface area contributed by atoms with Crippen LogP contribution in [0.3, 0.4) is 0 Å². The second-order valence-electron chi connectivity index (χ2n) is 4.45. The van der Waals surface area contributed by atoms with Crippen molar-refractivity contribution in [3.8, 4) is 0 Å². The highest BCUT2D eigenvalue weighted by Gasteiger charge is 2.64. The maximum Gasteiger partial charge on any atom is 0.133 e. The van der Waals surface area contributed by atoms with E-state index in [0.29, 0.717) is 0 Å². The fourth-order valence-electron chi connectivity index (χ4n) is 2.48. The third kappa shape index (κ3) is 1.86. The van der Waals surface area contributed by atoms with Crippen LogP contribution >= 0.6 is 23.2 Å². The van der Waals surface area contributed by atoms with Gasteiger partial charge in [0.05, 0.1) is 0 Å². The lowest BCUT2D eigenvalue weighted by atomic mass is 10.0. The van der Waals surface area contributed by atoms with Crippen LogP contribution in [0.4, 0.5) is 0 Å². The summed E-state index contributed by atoms with van der Waals surface area (Å²) in [5.74, 6) is 0.406. The van der Waals surface area contributed by atoms with Crippen LogP contribution in [-0.4, -0.2) is 4.33 Å². The average molecular weight is 263 g/mol. The molecule has 0 aromatic heterocycles. The third-order valence-electron chi connectivity index (χ3n) is 3.37. The fraction of sp³-hybridized carbons (Fsp3) is 0.200. The van der Waals surface area contributed by atoms with Gasteiger partial charge in [-0.15, -0.1) is 23.2 Å². The van der Waals surface area contributed by atoms with E-state index in [4.69, 9.17) is 23.2 Å². The van der Waals surface area contributed by atoms with E-state index in [2.05, 4.69) is 24.3 Å². The van der Waals surface area contributed by atoms with Crippen molar-refractivity contribution < 1.29 is 0 Å². The Bertz CT molecular complexity index is 457. The van der Waals surface area contributed by atoms with Crippen LogP contribution in [0.15, 0.2) is 60.7 Å². The van der Waals surface area contributed by atoms with Crippen LogP contribution in [0.5, 0.6) is 0 Å². The molecular formula is C15H12Cl2. The SMILES string of the molecule is ClC1(Cl)[C@H](c2ccccc2)[C@@H]1c1ccccc1.